The molecule has 9 heteroatoms. The molecule has 1 fully saturated rings. The lowest BCUT2D eigenvalue weighted by atomic mass is 10.00. The Bertz CT molecular complexity index is 600. The summed E-state index contributed by atoms with van der Waals surface area (Å²) in [7, 11) is -3.14. The van der Waals surface area contributed by atoms with E-state index in [1.807, 2.05) is 6.26 Å². The van der Waals surface area contributed by atoms with Crippen LogP contribution in [0.3, 0.4) is 0 Å². The minimum absolute atomic E-state index is 0.163. The van der Waals surface area contributed by atoms with E-state index in [9.17, 15) is 13.2 Å². The average Bonchev–Trinajstić information content (AvgIpc) is 2.93. The molecule has 1 atom stereocenters. The number of hydrogen-bond donors (Lipinski definition) is 1. The first-order chi connectivity index (χ1) is 9.90. The van der Waals surface area contributed by atoms with E-state index in [-0.39, 0.29) is 11.8 Å². The molecule has 0 bridgehead atoms. The molecule has 0 saturated carbocycles. The molecule has 1 amide bonds. The van der Waals surface area contributed by atoms with E-state index in [4.69, 9.17) is 0 Å². The molecule has 1 aromatic rings. The van der Waals surface area contributed by atoms with Crippen LogP contribution in [-0.2, 0) is 10.0 Å². The first-order valence-electron chi connectivity index (χ1n) is 6.63. The summed E-state index contributed by atoms with van der Waals surface area (Å²) in [6.45, 7) is 1.54. The van der Waals surface area contributed by atoms with Crippen molar-refractivity contribution in [2.45, 2.75) is 17.2 Å². The quantitative estimate of drug-likeness (QED) is 0.810. The summed E-state index contributed by atoms with van der Waals surface area (Å²) in [6.07, 6.45) is 4.91. The Labute approximate surface area is 133 Å². The topological polar surface area (TPSA) is 79.4 Å². The SMILES string of the molecule is CSc1nc(C(=O)NC[C@H]2CCCN(S(C)(=O)=O)C2)cs1. The van der Waals surface area contributed by atoms with Gasteiger partial charge in [0.25, 0.3) is 5.91 Å². The molecule has 0 aromatic carbocycles. The number of aromatic nitrogens is 1. The molecule has 21 heavy (non-hydrogen) atoms. The molecule has 6 nitrogen and oxygen atoms in total. The molecule has 1 N–H and O–H groups in total. The number of piperidine rings is 1. The maximum Gasteiger partial charge on any atom is 0.270 e. The van der Waals surface area contributed by atoms with Gasteiger partial charge in [0.2, 0.25) is 10.0 Å². The lowest BCUT2D eigenvalue weighted by Gasteiger charge is -2.30. The van der Waals surface area contributed by atoms with E-state index in [1.165, 1.54) is 33.7 Å². The van der Waals surface area contributed by atoms with Crippen LogP contribution < -0.4 is 5.32 Å². The molecule has 1 aliphatic rings. The first kappa shape index (κ1) is 16.7. The molecular formula is C12H19N3O3S3. The minimum atomic E-state index is -3.14. The Morgan fingerprint density at radius 2 is 2.38 bits per heavy atom. The number of carbonyl (C=O) groups is 1. The van der Waals surface area contributed by atoms with Gasteiger partial charge in [0.1, 0.15) is 10.0 Å². The third-order valence-corrected chi connectivity index (χ3v) is 6.53. The number of amides is 1. The average molecular weight is 350 g/mol. The lowest BCUT2D eigenvalue weighted by molar-refractivity contribution is 0.0937. The highest BCUT2D eigenvalue weighted by Crippen LogP contribution is 2.20. The van der Waals surface area contributed by atoms with Gasteiger partial charge in [-0.15, -0.1) is 11.3 Å². The van der Waals surface area contributed by atoms with Crippen molar-refractivity contribution >= 4 is 39.0 Å². The van der Waals surface area contributed by atoms with Crippen molar-refractivity contribution in [3.8, 4) is 0 Å². The van der Waals surface area contributed by atoms with Gasteiger partial charge in [-0.25, -0.2) is 17.7 Å². The van der Waals surface area contributed by atoms with Crippen molar-refractivity contribution in [3.63, 3.8) is 0 Å². The molecular weight excluding hydrogens is 330 g/mol. The molecule has 118 valence electrons. The van der Waals surface area contributed by atoms with Crippen molar-refractivity contribution in [1.82, 2.24) is 14.6 Å². The number of rotatable bonds is 5. The van der Waals surface area contributed by atoms with Gasteiger partial charge in [-0.05, 0) is 25.0 Å². The Hall–Kier alpha value is -0.640. The zero-order chi connectivity index (χ0) is 15.5. The highest BCUT2D eigenvalue weighted by Gasteiger charge is 2.26. The lowest BCUT2D eigenvalue weighted by Crippen LogP contribution is -2.43. The maximum absolute atomic E-state index is 12.0. The van der Waals surface area contributed by atoms with Crippen LogP contribution in [0.1, 0.15) is 23.3 Å². The molecule has 1 aliphatic heterocycles. The Morgan fingerprint density at radius 3 is 3.00 bits per heavy atom. The fourth-order valence-electron chi connectivity index (χ4n) is 2.28. The van der Waals surface area contributed by atoms with Crippen LogP contribution in [0.4, 0.5) is 0 Å². The molecule has 1 saturated heterocycles. The fourth-order valence-corrected chi connectivity index (χ4v) is 4.46. The zero-order valence-corrected chi connectivity index (χ0v) is 14.5. The molecule has 0 spiro atoms. The Balaban J connectivity index is 1.86. The van der Waals surface area contributed by atoms with E-state index in [0.717, 1.165) is 17.2 Å². The summed E-state index contributed by atoms with van der Waals surface area (Å²) in [5.74, 6) is -0.0286. The smallest absolute Gasteiger partial charge is 0.270 e. The van der Waals surface area contributed by atoms with Gasteiger partial charge >= 0.3 is 0 Å². The normalized spacial score (nSPS) is 20.4. The van der Waals surface area contributed by atoms with E-state index in [2.05, 4.69) is 10.3 Å². The van der Waals surface area contributed by atoms with E-state index >= 15 is 0 Å². The Morgan fingerprint density at radius 1 is 1.62 bits per heavy atom. The maximum atomic E-state index is 12.0. The fraction of sp³-hybridized carbons (Fsp3) is 0.667. The standard InChI is InChI=1S/C12H19N3O3S3/c1-19-12-14-10(8-20-12)11(16)13-6-9-4-3-5-15(7-9)21(2,17)18/h8-9H,3-7H2,1-2H3,(H,13,16)/t9-/m1/s1. The predicted octanol–water partition coefficient (Wildman–Crippen LogP) is 1.27. The van der Waals surface area contributed by atoms with Gasteiger partial charge in [-0.1, -0.05) is 11.8 Å². The number of hydrogen-bond acceptors (Lipinski definition) is 6. The summed E-state index contributed by atoms with van der Waals surface area (Å²) in [5.41, 5.74) is 0.431. The van der Waals surface area contributed by atoms with Crippen LogP contribution in [0.25, 0.3) is 0 Å². The second-order valence-corrected chi connectivity index (χ2v) is 8.94. The molecule has 0 unspecified atom stereocenters. The number of nitrogens with one attached hydrogen (secondary N) is 1. The molecule has 2 heterocycles. The van der Waals surface area contributed by atoms with E-state index in [1.54, 1.807) is 5.38 Å². The van der Waals surface area contributed by atoms with Crippen molar-refractivity contribution in [2.24, 2.45) is 5.92 Å². The monoisotopic (exact) mass is 349 g/mol. The number of thiazole rings is 1. The second-order valence-electron chi connectivity index (χ2n) is 5.04. The Kier molecular flexibility index (Phi) is 5.64. The molecule has 0 radical (unpaired) electrons. The van der Waals surface area contributed by atoms with Gasteiger partial charge in [-0.2, -0.15) is 0 Å². The third kappa shape index (κ3) is 4.67. The van der Waals surface area contributed by atoms with Crippen LogP contribution in [0, 0.1) is 5.92 Å². The van der Waals surface area contributed by atoms with Crippen LogP contribution in [0.15, 0.2) is 9.72 Å². The second kappa shape index (κ2) is 7.08. The molecule has 2 rings (SSSR count). The summed E-state index contributed by atoms with van der Waals surface area (Å²) in [4.78, 5) is 16.2. The first-order valence-corrected chi connectivity index (χ1v) is 10.6. The highest BCUT2D eigenvalue weighted by atomic mass is 32.2. The summed E-state index contributed by atoms with van der Waals surface area (Å²) in [5, 5.41) is 4.59. The van der Waals surface area contributed by atoms with Crippen LogP contribution in [-0.4, -0.2) is 55.8 Å². The van der Waals surface area contributed by atoms with Crippen molar-refractivity contribution in [1.29, 1.82) is 0 Å². The van der Waals surface area contributed by atoms with Gasteiger partial charge in [-0.3, -0.25) is 4.79 Å². The van der Waals surface area contributed by atoms with E-state index in [0.29, 0.717) is 25.3 Å². The van der Waals surface area contributed by atoms with Crippen LogP contribution in [0.5, 0.6) is 0 Å². The summed E-state index contributed by atoms with van der Waals surface area (Å²) in [6, 6.07) is 0. The van der Waals surface area contributed by atoms with Crippen LogP contribution in [0.2, 0.25) is 0 Å². The van der Waals surface area contributed by atoms with Gasteiger partial charge in [0, 0.05) is 25.0 Å². The molecule has 0 aliphatic carbocycles. The van der Waals surface area contributed by atoms with Crippen molar-refractivity contribution in [2.75, 3.05) is 32.1 Å². The van der Waals surface area contributed by atoms with Gasteiger partial charge < -0.3 is 5.32 Å². The predicted molar refractivity (Wildman–Crippen MR) is 85.4 cm³/mol. The zero-order valence-electron chi connectivity index (χ0n) is 12.0. The van der Waals surface area contributed by atoms with Crippen molar-refractivity contribution in [3.05, 3.63) is 11.1 Å². The largest absolute Gasteiger partial charge is 0.350 e. The summed E-state index contributed by atoms with van der Waals surface area (Å²) < 4.78 is 25.5. The number of nitrogens with zero attached hydrogens (tertiary/aromatic N) is 2. The van der Waals surface area contributed by atoms with Gasteiger partial charge in [0.15, 0.2) is 0 Å². The van der Waals surface area contributed by atoms with Crippen molar-refractivity contribution < 1.29 is 13.2 Å². The number of carbonyl (C=O) groups excluding carboxylic acids is 1. The van der Waals surface area contributed by atoms with Crippen LogP contribution >= 0.6 is 23.1 Å². The summed E-state index contributed by atoms with van der Waals surface area (Å²) >= 11 is 2.96. The van der Waals surface area contributed by atoms with Gasteiger partial charge in [0.05, 0.1) is 6.26 Å². The molecule has 1 aromatic heterocycles. The van der Waals surface area contributed by atoms with E-state index < -0.39 is 10.0 Å². The number of sulfonamides is 1. The minimum Gasteiger partial charge on any atom is -0.350 e. The highest BCUT2D eigenvalue weighted by molar-refractivity contribution is 8.00. The number of thioether (sulfide) groups is 1. The third-order valence-electron chi connectivity index (χ3n) is 3.39.